The maximum absolute atomic E-state index is 14.0. The number of aryl methyl sites for hydroxylation is 1. The van der Waals surface area contributed by atoms with E-state index in [0.717, 1.165) is 83.8 Å². The summed E-state index contributed by atoms with van der Waals surface area (Å²) in [4.78, 5) is 38.4. The molecule has 3 aromatic carbocycles. The van der Waals surface area contributed by atoms with Crippen molar-refractivity contribution in [3.05, 3.63) is 125 Å². The Balaban J connectivity index is 1.07. The van der Waals surface area contributed by atoms with Crippen molar-refractivity contribution in [1.29, 1.82) is 0 Å². The van der Waals surface area contributed by atoms with E-state index in [-0.39, 0.29) is 28.9 Å². The second kappa shape index (κ2) is 16.4. The molecule has 4 heterocycles. The normalized spacial score (nSPS) is 16.2. The summed E-state index contributed by atoms with van der Waals surface area (Å²) < 4.78 is 16.6. The molecule has 59 heavy (non-hydrogen) atoms. The molecule has 0 spiro atoms. The second-order valence-corrected chi connectivity index (χ2v) is 22.6. The smallest absolute Gasteiger partial charge is 0.407 e. The van der Waals surface area contributed by atoms with Gasteiger partial charge in [-0.2, -0.15) is 0 Å². The lowest BCUT2D eigenvalue weighted by Crippen LogP contribution is -2.66. The molecule has 8 rings (SSSR count). The highest BCUT2D eigenvalue weighted by molar-refractivity contribution is 6.99. The molecule has 1 saturated heterocycles. The highest BCUT2D eigenvalue weighted by Crippen LogP contribution is 2.38. The van der Waals surface area contributed by atoms with Crippen molar-refractivity contribution in [3.8, 4) is 0 Å². The molecule has 1 saturated carbocycles. The summed E-state index contributed by atoms with van der Waals surface area (Å²) >= 11 is 0. The van der Waals surface area contributed by atoms with Crippen LogP contribution in [-0.2, 0) is 22.1 Å². The summed E-state index contributed by atoms with van der Waals surface area (Å²) in [7, 11) is -2.66. The van der Waals surface area contributed by atoms with Crippen molar-refractivity contribution in [2.24, 2.45) is 0 Å². The fraction of sp³-hybridized carbons (Fsp3) is 0.417. The molecule has 0 radical (unpaired) electrons. The predicted molar refractivity (Wildman–Crippen MR) is 240 cm³/mol. The van der Waals surface area contributed by atoms with E-state index in [1.165, 1.54) is 10.4 Å². The standard InChI is InChI=1S/C48H58N6O4Si/c1-47(2,3)58-45(55)51-35-25-27-52(32-35)37-22-23-40-34(29-37)30-50-42(33-53-44-31-49-26-24-43(44)54(46(53)56)36-20-21-36)41(40)19-13-14-28-57-59(48(4,5)6,38-15-9-7-10-16-38)39-17-11-8-12-18-39/h7-12,15-18,22-24,26,29-31,35-36H,13-14,19-21,25,27-28,32-33H2,1-6H3,(H,51,55)/t35-/m1/s1. The monoisotopic (exact) mass is 810 g/mol. The molecule has 1 atom stereocenters. The van der Waals surface area contributed by atoms with E-state index in [1.807, 2.05) is 48.4 Å². The lowest BCUT2D eigenvalue weighted by Gasteiger charge is -2.43. The summed E-state index contributed by atoms with van der Waals surface area (Å²) in [5.74, 6) is 0. The van der Waals surface area contributed by atoms with Gasteiger partial charge in [0.05, 0.1) is 35.5 Å². The zero-order valence-corrected chi connectivity index (χ0v) is 36.4. The zero-order chi connectivity index (χ0) is 41.4. The van der Waals surface area contributed by atoms with Crippen LogP contribution in [-0.4, -0.2) is 64.9 Å². The number of benzene rings is 3. The number of aromatic nitrogens is 4. The van der Waals surface area contributed by atoms with E-state index in [4.69, 9.17) is 14.1 Å². The first kappa shape index (κ1) is 40.5. The number of alkyl carbamates (subject to hydrolysis) is 1. The van der Waals surface area contributed by atoms with Gasteiger partial charge in [0.2, 0.25) is 0 Å². The van der Waals surface area contributed by atoms with Crippen LogP contribution in [0.2, 0.25) is 5.04 Å². The van der Waals surface area contributed by atoms with E-state index in [9.17, 15) is 9.59 Å². The van der Waals surface area contributed by atoms with Crippen LogP contribution in [0.25, 0.3) is 21.8 Å². The van der Waals surface area contributed by atoms with E-state index >= 15 is 0 Å². The number of nitrogens with one attached hydrogen (secondary N) is 1. The number of carbonyl (C=O) groups excluding carboxylic acids is 1. The van der Waals surface area contributed by atoms with Crippen LogP contribution in [0, 0.1) is 0 Å². The third kappa shape index (κ3) is 8.45. The molecule has 10 nitrogen and oxygen atoms in total. The van der Waals surface area contributed by atoms with E-state index < -0.39 is 13.9 Å². The van der Waals surface area contributed by atoms with Crippen LogP contribution in [0.5, 0.6) is 0 Å². The number of carbonyl (C=O) groups is 1. The summed E-state index contributed by atoms with van der Waals surface area (Å²) in [5.41, 5.74) is 4.40. The van der Waals surface area contributed by atoms with Crippen molar-refractivity contribution in [2.75, 3.05) is 24.6 Å². The van der Waals surface area contributed by atoms with Crippen LogP contribution in [0.15, 0.2) is 108 Å². The van der Waals surface area contributed by atoms with E-state index in [1.54, 1.807) is 6.20 Å². The van der Waals surface area contributed by atoms with Crippen molar-refractivity contribution in [2.45, 2.75) is 109 Å². The Morgan fingerprint density at radius 2 is 1.58 bits per heavy atom. The van der Waals surface area contributed by atoms with Gasteiger partial charge in [-0.05, 0) is 104 Å². The van der Waals surface area contributed by atoms with Crippen molar-refractivity contribution >= 4 is 52.3 Å². The van der Waals surface area contributed by atoms with Crippen LogP contribution in [0.1, 0.15) is 90.9 Å². The van der Waals surface area contributed by atoms with Gasteiger partial charge in [-0.3, -0.25) is 19.1 Å². The molecular weight excluding hydrogens is 753 g/mol. The lowest BCUT2D eigenvalue weighted by molar-refractivity contribution is 0.0509. The molecule has 2 aliphatic rings. The van der Waals surface area contributed by atoms with E-state index in [2.05, 4.69) is 115 Å². The van der Waals surface area contributed by atoms with Gasteiger partial charge in [0.15, 0.2) is 0 Å². The quantitative estimate of drug-likeness (QED) is 0.0929. The fourth-order valence-corrected chi connectivity index (χ4v) is 13.6. The summed E-state index contributed by atoms with van der Waals surface area (Å²) in [6, 6.07) is 30.5. The first-order valence-corrected chi connectivity index (χ1v) is 23.2. The SMILES string of the molecule is CC(C)(C)OC(=O)N[C@@H]1CCN(c2ccc3c(CCCCO[Si](c4ccccc4)(c4ccccc4)C(C)(C)C)c(Cn4c(=O)n(C5CC5)c5ccncc54)ncc3c2)C1. The first-order chi connectivity index (χ1) is 28.3. The van der Waals surface area contributed by atoms with Crippen LogP contribution in [0.3, 0.4) is 0 Å². The Kier molecular flexibility index (Phi) is 11.3. The highest BCUT2D eigenvalue weighted by Gasteiger charge is 2.50. The van der Waals surface area contributed by atoms with Gasteiger partial charge in [-0.1, -0.05) is 87.5 Å². The zero-order valence-electron chi connectivity index (χ0n) is 35.4. The number of unbranched alkanes of at least 4 members (excludes halogenated alkanes) is 1. The molecule has 2 fully saturated rings. The third-order valence-corrected chi connectivity index (χ3v) is 16.9. The number of amides is 1. The number of hydrogen-bond acceptors (Lipinski definition) is 7. The van der Waals surface area contributed by atoms with Crippen LogP contribution >= 0.6 is 0 Å². The lowest BCUT2D eigenvalue weighted by atomic mass is 9.98. The third-order valence-electron chi connectivity index (χ3n) is 11.9. The maximum atomic E-state index is 14.0. The molecule has 1 N–H and O–H groups in total. The molecule has 1 aliphatic carbocycles. The van der Waals surface area contributed by atoms with Crippen molar-refractivity contribution in [3.63, 3.8) is 0 Å². The summed E-state index contributed by atoms with van der Waals surface area (Å²) in [6.45, 7) is 15.1. The largest absolute Gasteiger partial charge is 0.444 e. The molecule has 11 heteroatoms. The number of nitrogens with zero attached hydrogens (tertiary/aromatic N) is 5. The summed E-state index contributed by atoms with van der Waals surface area (Å²) in [5, 5.41) is 7.73. The Morgan fingerprint density at radius 3 is 2.24 bits per heavy atom. The van der Waals surface area contributed by atoms with Gasteiger partial charge in [0.1, 0.15) is 5.60 Å². The highest BCUT2D eigenvalue weighted by atomic mass is 28.4. The number of imidazole rings is 1. The number of rotatable bonds is 13. The number of anilines is 1. The minimum atomic E-state index is -2.66. The van der Waals surface area contributed by atoms with Crippen LogP contribution in [0.4, 0.5) is 10.5 Å². The average molecular weight is 811 g/mol. The molecule has 1 aliphatic heterocycles. The van der Waals surface area contributed by atoms with Gasteiger partial charge >= 0.3 is 11.8 Å². The van der Waals surface area contributed by atoms with Gasteiger partial charge < -0.3 is 19.4 Å². The first-order valence-electron chi connectivity index (χ1n) is 21.3. The minimum absolute atomic E-state index is 0.000904. The predicted octanol–water partition coefficient (Wildman–Crippen LogP) is 8.13. The Bertz CT molecular complexity index is 2440. The molecule has 0 bridgehead atoms. The summed E-state index contributed by atoms with van der Waals surface area (Å²) in [6.07, 6.45) is 10.6. The minimum Gasteiger partial charge on any atom is -0.444 e. The maximum Gasteiger partial charge on any atom is 0.407 e. The molecular formula is C48H58N6O4Si. The van der Waals surface area contributed by atoms with Crippen molar-refractivity contribution < 1.29 is 14.0 Å². The Labute approximate surface area is 348 Å². The topological polar surface area (TPSA) is 104 Å². The number of fused-ring (bicyclic) bond motifs is 2. The second-order valence-electron chi connectivity index (χ2n) is 18.3. The van der Waals surface area contributed by atoms with Gasteiger partial charge in [0, 0.05) is 49.2 Å². The van der Waals surface area contributed by atoms with Gasteiger partial charge in [-0.15, -0.1) is 0 Å². The molecule has 0 unspecified atom stereocenters. The van der Waals surface area contributed by atoms with Crippen LogP contribution < -0.4 is 26.3 Å². The molecule has 6 aromatic rings. The molecule has 3 aromatic heterocycles. The number of ether oxygens (including phenoxy) is 1. The molecule has 1 amide bonds. The Morgan fingerprint density at radius 1 is 0.864 bits per heavy atom. The van der Waals surface area contributed by atoms with Gasteiger partial charge in [0.25, 0.3) is 8.32 Å². The fourth-order valence-electron chi connectivity index (χ4n) is 9.02. The number of hydrogen-bond donors (Lipinski definition) is 1. The van der Waals surface area contributed by atoms with E-state index in [0.29, 0.717) is 19.7 Å². The average Bonchev–Trinajstić information content (AvgIpc) is 3.87. The Hall–Kier alpha value is -5.26. The van der Waals surface area contributed by atoms with Gasteiger partial charge in [-0.25, -0.2) is 9.59 Å². The number of pyridine rings is 2. The molecule has 308 valence electrons. The van der Waals surface area contributed by atoms with Crippen molar-refractivity contribution in [1.82, 2.24) is 24.4 Å².